The van der Waals surface area contributed by atoms with E-state index in [1.807, 2.05) is 0 Å². The van der Waals surface area contributed by atoms with E-state index < -0.39 is 22.9 Å². The number of carbonyl (C=O) groups is 2. The molecular formula is C17H14N2O5. The monoisotopic (exact) mass is 326 g/mol. The summed E-state index contributed by atoms with van der Waals surface area (Å²) in [4.78, 5) is 36.3. The number of amides is 1. The van der Waals surface area contributed by atoms with Crippen LogP contribution < -0.4 is 0 Å². The third kappa shape index (κ3) is 2.40. The van der Waals surface area contributed by atoms with E-state index in [0.29, 0.717) is 16.7 Å². The molecule has 122 valence electrons. The molecular weight excluding hydrogens is 312 g/mol. The van der Waals surface area contributed by atoms with Crippen LogP contribution in [0.4, 0.5) is 5.69 Å². The Morgan fingerprint density at radius 3 is 2.58 bits per heavy atom. The highest BCUT2D eigenvalue weighted by atomic mass is 16.6. The van der Waals surface area contributed by atoms with Crippen molar-refractivity contribution in [2.45, 2.75) is 12.0 Å². The van der Waals surface area contributed by atoms with Gasteiger partial charge in [-0.25, -0.2) is 0 Å². The molecule has 0 spiro atoms. The van der Waals surface area contributed by atoms with Crippen LogP contribution in [0.2, 0.25) is 0 Å². The number of benzene rings is 2. The Labute approximate surface area is 137 Å². The predicted molar refractivity (Wildman–Crippen MR) is 84.7 cm³/mol. The van der Waals surface area contributed by atoms with Crippen molar-refractivity contribution in [3.8, 4) is 0 Å². The van der Waals surface area contributed by atoms with Crippen LogP contribution in [0.15, 0.2) is 48.5 Å². The molecule has 0 radical (unpaired) electrons. The molecule has 0 aromatic heterocycles. The zero-order valence-corrected chi connectivity index (χ0v) is 12.7. The quantitative estimate of drug-likeness (QED) is 0.690. The van der Waals surface area contributed by atoms with Gasteiger partial charge in [-0.05, 0) is 17.2 Å². The summed E-state index contributed by atoms with van der Waals surface area (Å²) in [5, 5.41) is 20.7. The average molecular weight is 326 g/mol. The number of nitro groups is 1. The molecule has 1 heterocycles. The van der Waals surface area contributed by atoms with E-state index in [1.54, 1.807) is 30.3 Å². The second-order valence-corrected chi connectivity index (χ2v) is 5.62. The van der Waals surface area contributed by atoms with Crippen LogP contribution in [0.3, 0.4) is 0 Å². The summed E-state index contributed by atoms with van der Waals surface area (Å²) >= 11 is 0. The standard InChI is InChI=1S/C17H14N2O5/c1-18-15(10-5-4-6-11(9-10)19(23)24)14(17(21)22)12-7-2-3-8-13(12)16(18)20/h2-9,14-15H,1H3,(H,21,22)/t14-,15-/m0/s1. The number of fused-ring (bicyclic) bond motifs is 1. The highest BCUT2D eigenvalue weighted by Gasteiger charge is 2.42. The van der Waals surface area contributed by atoms with E-state index in [1.165, 1.54) is 30.1 Å². The lowest BCUT2D eigenvalue weighted by Gasteiger charge is -2.38. The third-order valence-electron chi connectivity index (χ3n) is 4.27. The molecule has 0 unspecified atom stereocenters. The molecule has 2 atom stereocenters. The van der Waals surface area contributed by atoms with Crippen molar-refractivity contribution in [1.29, 1.82) is 0 Å². The molecule has 0 bridgehead atoms. The lowest BCUT2D eigenvalue weighted by atomic mass is 9.80. The van der Waals surface area contributed by atoms with Gasteiger partial charge < -0.3 is 10.0 Å². The van der Waals surface area contributed by atoms with Crippen LogP contribution in [-0.2, 0) is 4.79 Å². The minimum atomic E-state index is -1.08. The third-order valence-corrected chi connectivity index (χ3v) is 4.27. The number of carboxylic acids is 1. The van der Waals surface area contributed by atoms with E-state index in [9.17, 15) is 24.8 Å². The summed E-state index contributed by atoms with van der Waals surface area (Å²) in [5.74, 6) is -2.39. The number of nitro benzene ring substituents is 1. The summed E-state index contributed by atoms with van der Waals surface area (Å²) < 4.78 is 0. The molecule has 1 aliphatic heterocycles. The molecule has 3 rings (SSSR count). The van der Waals surface area contributed by atoms with E-state index >= 15 is 0 Å². The first-order valence-corrected chi connectivity index (χ1v) is 7.25. The Morgan fingerprint density at radius 2 is 1.92 bits per heavy atom. The summed E-state index contributed by atoms with van der Waals surface area (Å²) in [6, 6.07) is 11.5. The number of aliphatic carboxylic acids is 1. The van der Waals surface area contributed by atoms with Crippen LogP contribution in [0.5, 0.6) is 0 Å². The van der Waals surface area contributed by atoms with Crippen molar-refractivity contribution < 1.29 is 19.6 Å². The highest BCUT2D eigenvalue weighted by molar-refractivity contribution is 6.00. The average Bonchev–Trinajstić information content (AvgIpc) is 2.57. The lowest BCUT2D eigenvalue weighted by molar-refractivity contribution is -0.385. The van der Waals surface area contributed by atoms with E-state index in [2.05, 4.69) is 0 Å². The Balaban J connectivity index is 2.19. The minimum absolute atomic E-state index is 0.142. The summed E-state index contributed by atoms with van der Waals surface area (Å²) in [6.45, 7) is 0. The Morgan fingerprint density at radius 1 is 1.21 bits per heavy atom. The molecule has 7 nitrogen and oxygen atoms in total. The van der Waals surface area contributed by atoms with Crippen molar-refractivity contribution in [3.63, 3.8) is 0 Å². The molecule has 24 heavy (non-hydrogen) atoms. The Bertz CT molecular complexity index is 848. The van der Waals surface area contributed by atoms with Gasteiger partial charge in [-0.3, -0.25) is 19.7 Å². The van der Waals surface area contributed by atoms with Gasteiger partial charge in [-0.2, -0.15) is 0 Å². The number of carboxylic acid groups (broad SMARTS) is 1. The molecule has 0 aliphatic carbocycles. The topological polar surface area (TPSA) is 101 Å². The first kappa shape index (κ1) is 15.7. The van der Waals surface area contributed by atoms with Gasteiger partial charge in [-0.15, -0.1) is 0 Å². The van der Waals surface area contributed by atoms with Crippen LogP contribution in [0.1, 0.15) is 33.4 Å². The van der Waals surface area contributed by atoms with E-state index in [-0.39, 0.29) is 11.6 Å². The van der Waals surface area contributed by atoms with E-state index in [4.69, 9.17) is 0 Å². The van der Waals surface area contributed by atoms with Gasteiger partial charge in [0.2, 0.25) is 0 Å². The number of hydrogen-bond acceptors (Lipinski definition) is 4. The van der Waals surface area contributed by atoms with Gasteiger partial charge in [-0.1, -0.05) is 30.3 Å². The molecule has 2 aromatic carbocycles. The van der Waals surface area contributed by atoms with Gasteiger partial charge in [0.1, 0.15) is 5.92 Å². The number of carbonyl (C=O) groups excluding carboxylic acids is 1. The molecule has 1 N–H and O–H groups in total. The largest absolute Gasteiger partial charge is 0.481 e. The minimum Gasteiger partial charge on any atom is -0.481 e. The molecule has 1 aliphatic rings. The first-order valence-electron chi connectivity index (χ1n) is 7.25. The zero-order chi connectivity index (χ0) is 17.4. The van der Waals surface area contributed by atoms with Crippen molar-refractivity contribution in [2.24, 2.45) is 0 Å². The summed E-state index contributed by atoms with van der Waals surface area (Å²) in [5.41, 5.74) is 1.04. The van der Waals surface area contributed by atoms with Gasteiger partial charge in [0.25, 0.3) is 11.6 Å². The fourth-order valence-electron chi connectivity index (χ4n) is 3.18. The Kier molecular flexibility index (Phi) is 3.76. The summed E-state index contributed by atoms with van der Waals surface area (Å²) in [6.07, 6.45) is 0. The van der Waals surface area contributed by atoms with Gasteiger partial charge in [0.15, 0.2) is 0 Å². The fourth-order valence-corrected chi connectivity index (χ4v) is 3.18. The molecule has 0 fully saturated rings. The lowest BCUT2D eigenvalue weighted by Crippen LogP contribution is -2.42. The second-order valence-electron chi connectivity index (χ2n) is 5.62. The molecule has 1 amide bonds. The van der Waals surface area contributed by atoms with Gasteiger partial charge in [0.05, 0.1) is 11.0 Å². The smallest absolute Gasteiger partial charge is 0.313 e. The van der Waals surface area contributed by atoms with Crippen molar-refractivity contribution >= 4 is 17.6 Å². The molecule has 2 aromatic rings. The van der Waals surface area contributed by atoms with Crippen LogP contribution in [0.25, 0.3) is 0 Å². The number of non-ortho nitro benzene ring substituents is 1. The second kappa shape index (κ2) is 5.77. The van der Waals surface area contributed by atoms with Gasteiger partial charge >= 0.3 is 5.97 Å². The summed E-state index contributed by atoms with van der Waals surface area (Å²) in [7, 11) is 1.51. The highest BCUT2D eigenvalue weighted by Crippen LogP contribution is 2.42. The molecule has 0 saturated carbocycles. The van der Waals surface area contributed by atoms with Crippen molar-refractivity contribution in [2.75, 3.05) is 7.05 Å². The van der Waals surface area contributed by atoms with Crippen LogP contribution >= 0.6 is 0 Å². The normalized spacial score (nSPS) is 19.7. The number of nitrogens with zero attached hydrogens (tertiary/aromatic N) is 2. The fraction of sp³-hybridized carbons (Fsp3) is 0.176. The van der Waals surface area contributed by atoms with Gasteiger partial charge in [0, 0.05) is 24.7 Å². The molecule has 7 heteroatoms. The molecule has 0 saturated heterocycles. The maximum absolute atomic E-state index is 12.6. The number of likely N-dealkylation sites (N-methyl/N-ethyl adjacent to an activating group) is 1. The maximum Gasteiger partial charge on any atom is 0.313 e. The van der Waals surface area contributed by atoms with Crippen molar-refractivity contribution in [1.82, 2.24) is 4.90 Å². The zero-order valence-electron chi connectivity index (χ0n) is 12.7. The van der Waals surface area contributed by atoms with Crippen molar-refractivity contribution in [3.05, 3.63) is 75.3 Å². The number of rotatable bonds is 3. The van der Waals surface area contributed by atoms with Crippen LogP contribution in [0, 0.1) is 10.1 Å². The number of hydrogen-bond donors (Lipinski definition) is 1. The van der Waals surface area contributed by atoms with Crippen LogP contribution in [-0.4, -0.2) is 33.9 Å². The Hall–Kier alpha value is -3.22. The SMILES string of the molecule is CN1C(=O)c2ccccc2[C@H](C(=O)O)[C@@H]1c1cccc([N+](=O)[O-])c1. The predicted octanol–water partition coefficient (Wildman–Crippen LogP) is 2.59. The van der Waals surface area contributed by atoms with E-state index in [0.717, 1.165) is 0 Å². The first-order chi connectivity index (χ1) is 11.4. The maximum atomic E-state index is 12.6.